The van der Waals surface area contributed by atoms with Crippen molar-refractivity contribution in [3.8, 4) is 0 Å². The Bertz CT molecular complexity index is 497. The van der Waals surface area contributed by atoms with E-state index in [-0.39, 0.29) is 6.10 Å². The number of ether oxygens (including phenoxy) is 1. The highest BCUT2D eigenvalue weighted by Crippen LogP contribution is 2.40. The highest BCUT2D eigenvalue weighted by Gasteiger charge is 2.39. The fourth-order valence-electron chi connectivity index (χ4n) is 1.93. The molecule has 80 valence electrons. The molecular formula is C15H14O. The first kappa shape index (κ1) is 8.54. The van der Waals surface area contributed by atoms with Crippen LogP contribution < -0.4 is 0 Å². The Labute approximate surface area is 97.1 Å². The van der Waals surface area contributed by atoms with Crippen LogP contribution in [0.5, 0.6) is 0 Å². The van der Waals surface area contributed by atoms with E-state index in [0.717, 1.165) is 11.1 Å². The van der Waals surface area contributed by atoms with Gasteiger partial charge in [0.25, 0.3) is 0 Å². The van der Waals surface area contributed by atoms with Gasteiger partial charge in [-0.25, -0.2) is 0 Å². The monoisotopic (exact) mass is 211 g/mol. The van der Waals surface area contributed by atoms with Crippen molar-refractivity contribution in [2.24, 2.45) is 0 Å². The molecule has 0 saturated carbocycles. The lowest BCUT2D eigenvalue weighted by Crippen LogP contribution is -1.94. The van der Waals surface area contributed by atoms with Gasteiger partial charge in [0.2, 0.25) is 0 Å². The van der Waals surface area contributed by atoms with Gasteiger partial charge < -0.3 is 4.74 Å². The Morgan fingerprint density at radius 2 is 1.56 bits per heavy atom. The van der Waals surface area contributed by atoms with Crippen molar-refractivity contribution in [2.75, 3.05) is 0 Å². The molecule has 0 N–H and O–H groups in total. The number of hydrogen-bond acceptors (Lipinski definition) is 1. The van der Waals surface area contributed by atoms with Gasteiger partial charge >= 0.3 is 0 Å². The van der Waals surface area contributed by atoms with Crippen molar-refractivity contribution in [3.05, 3.63) is 71.8 Å². The summed E-state index contributed by atoms with van der Waals surface area (Å²) in [4.78, 5) is 0. The van der Waals surface area contributed by atoms with Crippen molar-refractivity contribution in [1.82, 2.24) is 0 Å². The summed E-state index contributed by atoms with van der Waals surface area (Å²) in [5, 5.41) is 0. The zero-order valence-corrected chi connectivity index (χ0v) is 8.97. The third-order valence-corrected chi connectivity index (χ3v) is 2.83. The van der Waals surface area contributed by atoms with Gasteiger partial charge in [0.05, 0.1) is 7.45 Å². The molecule has 0 amide bonds. The molecule has 1 fully saturated rings. The van der Waals surface area contributed by atoms with Crippen molar-refractivity contribution in [3.63, 3.8) is 0 Å². The highest BCUT2D eigenvalue weighted by molar-refractivity contribution is 5.25. The fourth-order valence-corrected chi connectivity index (χ4v) is 1.93. The average Bonchev–Trinajstić information content (AvgIpc) is 3.03. The van der Waals surface area contributed by atoms with Crippen LogP contribution >= 0.6 is 0 Å². The van der Waals surface area contributed by atoms with Gasteiger partial charge in [-0.05, 0) is 11.1 Å². The molecule has 0 bridgehead atoms. The predicted molar refractivity (Wildman–Crippen MR) is 64.2 cm³/mol. The second-order valence-corrected chi connectivity index (χ2v) is 4.04. The summed E-state index contributed by atoms with van der Waals surface area (Å²) in [6.07, 6.45) is -0.209. The predicted octanol–water partition coefficient (Wildman–Crippen LogP) is 3.37. The normalized spacial score (nSPS) is 28.5. The number of benzene rings is 2. The lowest BCUT2D eigenvalue weighted by Gasteiger charge is -1.97. The summed E-state index contributed by atoms with van der Waals surface area (Å²) in [7, 11) is 0. The van der Waals surface area contributed by atoms with Crippen LogP contribution in [0.25, 0.3) is 0 Å². The van der Waals surface area contributed by atoms with Crippen LogP contribution in [-0.4, -0.2) is 6.08 Å². The summed E-state index contributed by atoms with van der Waals surface area (Å²) in [5.41, 5.74) is 2.25. The molecular weight excluding hydrogens is 196 g/mol. The Kier molecular flexibility index (Phi) is 2.19. The minimum atomic E-state index is -0.775. The molecule has 1 aliphatic rings. The van der Waals surface area contributed by atoms with Crippen molar-refractivity contribution in [2.45, 2.75) is 18.6 Å². The lowest BCUT2D eigenvalue weighted by atomic mass is 10.0. The molecule has 16 heavy (non-hydrogen) atoms. The molecule has 1 saturated heterocycles. The quantitative estimate of drug-likeness (QED) is 0.709. The highest BCUT2D eigenvalue weighted by atomic mass is 16.6. The maximum Gasteiger partial charge on any atom is 0.109 e. The van der Waals surface area contributed by atoms with Gasteiger partial charge in [-0.1, -0.05) is 60.7 Å². The molecule has 2 aromatic rings. The third kappa shape index (κ3) is 2.00. The summed E-state index contributed by atoms with van der Waals surface area (Å²) in [5.74, 6) is 0. The van der Waals surface area contributed by atoms with E-state index in [9.17, 15) is 0 Å². The van der Waals surface area contributed by atoms with Gasteiger partial charge in [0, 0.05) is 6.42 Å². The maximum absolute atomic E-state index is 8.25. The summed E-state index contributed by atoms with van der Waals surface area (Å²) in [6.45, 7) is 0. The summed E-state index contributed by atoms with van der Waals surface area (Å²) >= 11 is 0. The van der Waals surface area contributed by atoms with Crippen LogP contribution in [0.15, 0.2) is 60.7 Å². The second kappa shape index (κ2) is 4.11. The van der Waals surface area contributed by atoms with E-state index >= 15 is 0 Å². The van der Waals surface area contributed by atoms with Gasteiger partial charge in [0.15, 0.2) is 0 Å². The van der Waals surface area contributed by atoms with Crippen molar-refractivity contribution >= 4 is 0 Å². The molecule has 2 atom stereocenters. The molecule has 0 aliphatic carbocycles. The molecule has 0 aromatic heterocycles. The smallest absolute Gasteiger partial charge is 0.109 e. The molecule has 0 unspecified atom stereocenters. The van der Waals surface area contributed by atoms with Gasteiger partial charge in [-0.3, -0.25) is 0 Å². The van der Waals surface area contributed by atoms with Crippen LogP contribution in [-0.2, 0) is 11.2 Å². The second-order valence-electron chi connectivity index (χ2n) is 4.04. The van der Waals surface area contributed by atoms with E-state index < -0.39 is 6.08 Å². The minimum Gasteiger partial charge on any atom is -0.364 e. The number of hydrogen-bond donors (Lipinski definition) is 0. The topological polar surface area (TPSA) is 12.5 Å². The first-order valence-corrected chi connectivity index (χ1v) is 5.55. The molecule has 1 aliphatic heterocycles. The third-order valence-electron chi connectivity index (χ3n) is 2.83. The summed E-state index contributed by atoms with van der Waals surface area (Å²) in [6, 6.07) is 20.1. The zero-order valence-electron chi connectivity index (χ0n) is 9.97. The molecule has 2 aromatic carbocycles. The maximum atomic E-state index is 8.25. The van der Waals surface area contributed by atoms with Crippen LogP contribution in [0.3, 0.4) is 0 Å². The van der Waals surface area contributed by atoms with E-state index in [4.69, 9.17) is 6.11 Å². The van der Waals surface area contributed by atoms with Gasteiger partial charge in [-0.2, -0.15) is 0 Å². The van der Waals surface area contributed by atoms with E-state index in [1.807, 2.05) is 60.7 Å². The molecule has 3 rings (SSSR count). The van der Waals surface area contributed by atoms with Crippen molar-refractivity contribution in [1.29, 1.82) is 0 Å². The Hall–Kier alpha value is -1.60. The number of rotatable bonds is 3. The van der Waals surface area contributed by atoms with Crippen LogP contribution in [0, 0.1) is 0 Å². The van der Waals surface area contributed by atoms with E-state index in [1.54, 1.807) is 0 Å². The molecule has 0 spiro atoms. The SMILES string of the molecule is [2H][C@]1(Cc2ccccc2)O[C@H]1c1ccccc1. The van der Waals surface area contributed by atoms with E-state index in [1.165, 1.54) is 0 Å². The minimum absolute atomic E-state index is 0.0797. The van der Waals surface area contributed by atoms with Gasteiger partial charge in [0.1, 0.15) is 6.10 Å². The van der Waals surface area contributed by atoms with Crippen LogP contribution in [0.1, 0.15) is 18.6 Å². The first-order chi connectivity index (χ1) is 8.28. The molecule has 0 radical (unpaired) electrons. The largest absolute Gasteiger partial charge is 0.364 e. The zero-order chi connectivity index (χ0) is 11.7. The van der Waals surface area contributed by atoms with Crippen LogP contribution in [0.4, 0.5) is 0 Å². The van der Waals surface area contributed by atoms with Gasteiger partial charge in [-0.15, -0.1) is 0 Å². The van der Waals surface area contributed by atoms with Crippen molar-refractivity contribution < 1.29 is 6.11 Å². The fraction of sp³-hybridized carbons (Fsp3) is 0.200. The van der Waals surface area contributed by atoms with Crippen LogP contribution in [0.2, 0.25) is 0 Å². The number of epoxide rings is 1. The summed E-state index contributed by atoms with van der Waals surface area (Å²) < 4.78 is 13.8. The van der Waals surface area contributed by atoms with E-state index in [2.05, 4.69) is 0 Å². The molecule has 1 heterocycles. The molecule has 1 nitrogen and oxygen atoms in total. The average molecular weight is 211 g/mol. The Balaban J connectivity index is 1.74. The van der Waals surface area contributed by atoms with E-state index in [0.29, 0.717) is 6.42 Å². The Morgan fingerprint density at radius 3 is 2.25 bits per heavy atom. The molecule has 1 heteroatoms. The Morgan fingerprint density at radius 1 is 0.938 bits per heavy atom. The lowest BCUT2D eigenvalue weighted by molar-refractivity contribution is 0.373. The standard InChI is InChI=1S/C15H14O/c1-3-7-12(8-4-1)11-14-15(16-14)13-9-5-2-6-10-13/h1-10,14-15H,11H2/t14-,15+/m1/s1/i14D. The first-order valence-electron chi connectivity index (χ1n) is 6.05.